The average molecular weight is 382 g/mol. The van der Waals surface area contributed by atoms with Crippen LogP contribution in [0.5, 0.6) is 0 Å². The number of aromatic amines is 1. The number of aromatic nitrogens is 6. The van der Waals surface area contributed by atoms with E-state index in [0.29, 0.717) is 27.9 Å². The van der Waals surface area contributed by atoms with Crippen LogP contribution in [0.1, 0.15) is 23.6 Å². The number of nitrogens with one attached hydrogen (secondary N) is 1. The Labute approximate surface area is 158 Å². The van der Waals surface area contributed by atoms with Crippen molar-refractivity contribution in [3.8, 4) is 17.2 Å². The van der Waals surface area contributed by atoms with Gasteiger partial charge in [-0.1, -0.05) is 0 Å². The summed E-state index contributed by atoms with van der Waals surface area (Å²) in [4.78, 5) is 27.4. The van der Waals surface area contributed by atoms with Crippen molar-refractivity contribution in [2.24, 2.45) is 0 Å². The molecule has 0 amide bonds. The van der Waals surface area contributed by atoms with E-state index in [9.17, 15) is 13.6 Å². The zero-order chi connectivity index (χ0) is 20.1. The molecule has 0 aliphatic carbocycles. The van der Waals surface area contributed by atoms with Crippen LogP contribution in [-0.2, 0) is 5.92 Å². The fourth-order valence-electron chi connectivity index (χ4n) is 3.15. The lowest BCUT2D eigenvalue weighted by molar-refractivity contribution is 0.0173. The van der Waals surface area contributed by atoms with Crippen molar-refractivity contribution >= 4 is 11.0 Å². The van der Waals surface area contributed by atoms with Gasteiger partial charge in [0.05, 0.1) is 5.69 Å². The van der Waals surface area contributed by atoms with E-state index < -0.39 is 5.92 Å². The first-order chi connectivity index (χ1) is 13.2. The molecule has 0 unspecified atom stereocenters. The van der Waals surface area contributed by atoms with Crippen LogP contribution in [0.15, 0.2) is 41.7 Å². The minimum absolute atomic E-state index is 0.0648. The molecular weight excluding hydrogens is 366 g/mol. The van der Waals surface area contributed by atoms with Gasteiger partial charge in [-0.25, -0.2) is 28.4 Å². The molecule has 0 spiro atoms. The molecule has 0 aliphatic heterocycles. The summed E-state index contributed by atoms with van der Waals surface area (Å²) in [6.07, 6.45) is 4.45. The smallest absolute Gasteiger partial charge is 0.270 e. The molecule has 4 rings (SSSR count). The number of hydrogen-bond acceptors (Lipinski definition) is 5. The van der Waals surface area contributed by atoms with Gasteiger partial charge in [-0.05, 0) is 43.2 Å². The van der Waals surface area contributed by atoms with E-state index in [2.05, 4.69) is 25.0 Å². The Morgan fingerprint density at radius 2 is 1.89 bits per heavy atom. The Bertz CT molecular complexity index is 1220. The number of hydrogen-bond donors (Lipinski definition) is 1. The van der Waals surface area contributed by atoms with Crippen LogP contribution in [0.2, 0.25) is 0 Å². The number of benzene rings is 1. The topological polar surface area (TPSA) is 89.4 Å². The molecule has 0 radical (unpaired) electrons. The highest BCUT2D eigenvalue weighted by molar-refractivity contribution is 5.75. The van der Waals surface area contributed by atoms with Gasteiger partial charge in [0, 0.05) is 24.9 Å². The summed E-state index contributed by atoms with van der Waals surface area (Å²) < 4.78 is 28.9. The number of halogens is 2. The molecule has 3 heterocycles. The van der Waals surface area contributed by atoms with Crippen molar-refractivity contribution in [3.63, 3.8) is 0 Å². The van der Waals surface area contributed by atoms with E-state index in [4.69, 9.17) is 0 Å². The molecule has 9 heteroatoms. The highest BCUT2D eigenvalue weighted by atomic mass is 19.3. The summed E-state index contributed by atoms with van der Waals surface area (Å²) in [6.45, 7) is 4.32. The van der Waals surface area contributed by atoms with Crippen molar-refractivity contribution < 1.29 is 8.78 Å². The number of alkyl halides is 2. The van der Waals surface area contributed by atoms with Crippen molar-refractivity contribution in [2.45, 2.75) is 26.7 Å². The van der Waals surface area contributed by atoms with Crippen molar-refractivity contribution in [1.29, 1.82) is 0 Å². The first-order valence-corrected chi connectivity index (χ1v) is 8.50. The van der Waals surface area contributed by atoms with Crippen LogP contribution in [0.3, 0.4) is 0 Å². The summed E-state index contributed by atoms with van der Waals surface area (Å²) >= 11 is 0. The first kappa shape index (κ1) is 17.9. The standard InChI is InChI=1S/C19H16F2N6O/c1-10-6-12(19(3,20)21)7-11(2)15(10)27-8-13-16(26-27)24-17(25-18(13)28)14-4-5-22-9-23-14/h4-9H,1-3H3,(H,24,25,26,28). The first-order valence-electron chi connectivity index (χ1n) is 8.50. The molecule has 0 saturated heterocycles. The maximum absolute atomic E-state index is 13.7. The van der Waals surface area contributed by atoms with Gasteiger partial charge >= 0.3 is 0 Å². The van der Waals surface area contributed by atoms with Crippen LogP contribution in [0, 0.1) is 13.8 Å². The summed E-state index contributed by atoms with van der Waals surface area (Å²) in [5.41, 5.74) is 2.15. The second kappa shape index (κ2) is 6.29. The highest BCUT2D eigenvalue weighted by Gasteiger charge is 2.26. The van der Waals surface area contributed by atoms with Gasteiger partial charge in [0.1, 0.15) is 17.4 Å². The van der Waals surface area contributed by atoms with E-state index in [0.717, 1.165) is 6.92 Å². The molecular formula is C19H16F2N6O. The predicted molar refractivity (Wildman–Crippen MR) is 99.6 cm³/mol. The van der Waals surface area contributed by atoms with E-state index in [1.54, 1.807) is 32.3 Å². The number of H-pyrrole nitrogens is 1. The van der Waals surface area contributed by atoms with Gasteiger partial charge in [-0.2, -0.15) is 0 Å². The fraction of sp³-hybridized carbons (Fsp3) is 0.211. The maximum Gasteiger partial charge on any atom is 0.270 e. The lowest BCUT2D eigenvalue weighted by Gasteiger charge is -2.16. The summed E-state index contributed by atoms with van der Waals surface area (Å²) in [6, 6.07) is 4.48. The monoisotopic (exact) mass is 382 g/mol. The Balaban J connectivity index is 1.87. The predicted octanol–water partition coefficient (Wildman–Crippen LogP) is 3.29. The van der Waals surface area contributed by atoms with Crippen molar-refractivity contribution in [1.82, 2.24) is 29.7 Å². The number of rotatable bonds is 3. The molecule has 0 aliphatic rings. The molecule has 0 bridgehead atoms. The Morgan fingerprint density at radius 1 is 1.18 bits per heavy atom. The summed E-state index contributed by atoms with van der Waals surface area (Å²) in [5, 5.41) is 4.69. The van der Waals surface area contributed by atoms with E-state index in [1.807, 2.05) is 0 Å². The Kier molecular flexibility index (Phi) is 4.02. The minimum atomic E-state index is -2.94. The lowest BCUT2D eigenvalue weighted by atomic mass is 10.0. The quantitative estimate of drug-likeness (QED) is 0.587. The van der Waals surface area contributed by atoms with E-state index >= 15 is 0 Å². The number of aryl methyl sites for hydroxylation is 2. The van der Waals surface area contributed by atoms with Crippen LogP contribution in [0.4, 0.5) is 8.78 Å². The fourth-order valence-corrected chi connectivity index (χ4v) is 3.15. The number of fused-ring (bicyclic) bond motifs is 1. The third-order valence-corrected chi connectivity index (χ3v) is 4.44. The molecule has 1 aromatic carbocycles. The van der Waals surface area contributed by atoms with Gasteiger partial charge in [-0.3, -0.25) is 4.79 Å². The second-order valence-corrected chi connectivity index (χ2v) is 6.67. The normalized spacial score (nSPS) is 11.9. The Hall–Kier alpha value is -3.49. The van der Waals surface area contributed by atoms with Crippen molar-refractivity contribution in [2.75, 3.05) is 0 Å². The van der Waals surface area contributed by atoms with Gasteiger partial charge in [0.25, 0.3) is 11.5 Å². The summed E-state index contributed by atoms with van der Waals surface area (Å²) in [7, 11) is 0. The van der Waals surface area contributed by atoms with Crippen LogP contribution in [-0.4, -0.2) is 29.7 Å². The second-order valence-electron chi connectivity index (χ2n) is 6.67. The molecule has 1 N–H and O–H groups in total. The van der Waals surface area contributed by atoms with Crippen molar-refractivity contribution in [3.05, 3.63) is 64.0 Å². The molecule has 3 aromatic heterocycles. The van der Waals surface area contributed by atoms with Crippen LogP contribution >= 0.6 is 0 Å². The largest absolute Gasteiger partial charge is 0.305 e. The van der Waals surface area contributed by atoms with Gasteiger partial charge in [-0.15, -0.1) is 5.10 Å². The molecule has 0 fully saturated rings. The minimum Gasteiger partial charge on any atom is -0.305 e. The zero-order valence-corrected chi connectivity index (χ0v) is 15.4. The molecule has 142 valence electrons. The number of nitrogens with zero attached hydrogens (tertiary/aromatic N) is 5. The van der Waals surface area contributed by atoms with Gasteiger partial charge in [0.2, 0.25) is 0 Å². The maximum atomic E-state index is 13.7. The molecule has 0 saturated carbocycles. The SMILES string of the molecule is Cc1cc(C(C)(F)F)cc(C)c1-n1cc2c(=O)[nH]c(-c3ccncn3)nc2n1. The summed E-state index contributed by atoms with van der Waals surface area (Å²) in [5.74, 6) is -2.66. The third kappa shape index (κ3) is 3.04. The molecule has 4 aromatic rings. The van der Waals surface area contributed by atoms with Crippen LogP contribution < -0.4 is 5.56 Å². The van der Waals surface area contributed by atoms with E-state index in [-0.39, 0.29) is 22.6 Å². The highest BCUT2D eigenvalue weighted by Crippen LogP contribution is 2.31. The molecule has 7 nitrogen and oxygen atoms in total. The average Bonchev–Trinajstić information content (AvgIpc) is 3.05. The molecule has 28 heavy (non-hydrogen) atoms. The van der Waals surface area contributed by atoms with Crippen LogP contribution in [0.25, 0.3) is 28.2 Å². The molecule has 0 atom stereocenters. The van der Waals surface area contributed by atoms with Gasteiger partial charge in [0.15, 0.2) is 11.5 Å². The lowest BCUT2D eigenvalue weighted by Crippen LogP contribution is -2.10. The zero-order valence-electron chi connectivity index (χ0n) is 15.4. The Morgan fingerprint density at radius 3 is 2.50 bits per heavy atom. The third-order valence-electron chi connectivity index (χ3n) is 4.44. The van der Waals surface area contributed by atoms with E-state index in [1.165, 1.54) is 23.1 Å². The van der Waals surface area contributed by atoms with Gasteiger partial charge < -0.3 is 4.98 Å².